The lowest BCUT2D eigenvalue weighted by Crippen LogP contribution is -2.24. The number of thioether (sulfide) groups is 1. The molecule has 8 heteroatoms. The van der Waals surface area contributed by atoms with E-state index in [4.69, 9.17) is 26.3 Å². The van der Waals surface area contributed by atoms with Crippen LogP contribution < -0.4 is 10.1 Å². The number of nitrogens with zero attached hydrogens (tertiary/aromatic N) is 1. The Morgan fingerprint density at radius 3 is 2.74 bits per heavy atom. The highest BCUT2D eigenvalue weighted by Crippen LogP contribution is 2.26. The molecule has 0 heterocycles. The van der Waals surface area contributed by atoms with Crippen molar-refractivity contribution in [1.29, 1.82) is 5.26 Å². The first-order chi connectivity index (χ1) is 13.0. The number of halogens is 1. The number of rotatable bonds is 8. The van der Waals surface area contributed by atoms with Crippen LogP contribution in [0.15, 0.2) is 47.4 Å². The maximum Gasteiger partial charge on any atom is 0.344 e. The normalized spacial score (nSPS) is 9.96. The number of benzene rings is 2. The number of carbonyl (C=O) groups is 2. The fourth-order valence-electron chi connectivity index (χ4n) is 2.09. The molecule has 27 heavy (non-hydrogen) atoms. The fraction of sp³-hybridized carbons (Fsp3) is 0.211. The molecule has 0 aliphatic rings. The number of anilines is 1. The molecule has 0 aromatic heterocycles. The first kappa shape index (κ1) is 20.6. The lowest BCUT2D eigenvalue weighted by atomic mass is 10.2. The van der Waals surface area contributed by atoms with Crippen molar-refractivity contribution in [3.05, 3.63) is 53.1 Å². The highest BCUT2D eigenvalue weighted by atomic mass is 35.5. The summed E-state index contributed by atoms with van der Waals surface area (Å²) in [5, 5.41) is 11.9. The lowest BCUT2D eigenvalue weighted by molar-refractivity contribution is -0.149. The molecule has 0 bridgehead atoms. The standard InChI is InChI=1S/C19H17ClN2O4S/c1-13-10-14(20)6-7-16(13)25-12-19(24)26-11-18(23)22-15-4-2-3-5-17(15)27-9-8-21/h2-7,10H,9,11-12H2,1H3,(H,22,23). The second-order valence-electron chi connectivity index (χ2n) is 5.35. The summed E-state index contributed by atoms with van der Waals surface area (Å²) in [5.74, 6) is -0.351. The van der Waals surface area contributed by atoms with Crippen molar-refractivity contribution in [3.63, 3.8) is 0 Å². The van der Waals surface area contributed by atoms with Gasteiger partial charge < -0.3 is 14.8 Å². The van der Waals surface area contributed by atoms with Gasteiger partial charge in [0.2, 0.25) is 0 Å². The van der Waals surface area contributed by atoms with E-state index >= 15 is 0 Å². The Morgan fingerprint density at radius 2 is 2.00 bits per heavy atom. The molecule has 0 radical (unpaired) electrons. The van der Waals surface area contributed by atoms with Gasteiger partial charge in [-0.05, 0) is 42.8 Å². The molecule has 0 fully saturated rings. The predicted octanol–water partition coefficient (Wildman–Crippen LogP) is 3.82. The molecule has 1 N–H and O–H groups in total. The number of amides is 1. The molecule has 0 spiro atoms. The molecule has 2 aromatic carbocycles. The van der Waals surface area contributed by atoms with E-state index in [1.54, 1.807) is 36.4 Å². The highest BCUT2D eigenvalue weighted by molar-refractivity contribution is 7.99. The monoisotopic (exact) mass is 404 g/mol. The Bertz CT molecular complexity index is 867. The maximum atomic E-state index is 12.0. The molecule has 140 valence electrons. The SMILES string of the molecule is Cc1cc(Cl)ccc1OCC(=O)OCC(=O)Nc1ccccc1SCC#N. The molecule has 0 saturated heterocycles. The number of hydrogen-bond donors (Lipinski definition) is 1. The van der Waals surface area contributed by atoms with E-state index < -0.39 is 18.5 Å². The molecule has 0 atom stereocenters. The number of para-hydroxylation sites is 1. The van der Waals surface area contributed by atoms with Crippen LogP contribution in [-0.4, -0.2) is 30.8 Å². The summed E-state index contributed by atoms with van der Waals surface area (Å²) >= 11 is 7.17. The molecule has 0 aliphatic heterocycles. The summed E-state index contributed by atoms with van der Waals surface area (Å²) in [7, 11) is 0. The number of carbonyl (C=O) groups excluding carboxylic acids is 2. The van der Waals surface area contributed by atoms with E-state index in [0.717, 1.165) is 10.5 Å². The van der Waals surface area contributed by atoms with E-state index in [1.165, 1.54) is 11.8 Å². The average Bonchev–Trinajstić information content (AvgIpc) is 2.65. The molecule has 0 saturated carbocycles. The van der Waals surface area contributed by atoms with Gasteiger partial charge in [-0.1, -0.05) is 23.7 Å². The zero-order chi connectivity index (χ0) is 19.6. The van der Waals surface area contributed by atoms with Crippen molar-refractivity contribution in [3.8, 4) is 11.8 Å². The van der Waals surface area contributed by atoms with Gasteiger partial charge >= 0.3 is 5.97 Å². The molecular formula is C19H17ClN2O4S. The van der Waals surface area contributed by atoms with E-state index in [2.05, 4.69) is 5.32 Å². The molecule has 6 nitrogen and oxygen atoms in total. The minimum absolute atomic E-state index is 0.267. The molecule has 0 aliphatic carbocycles. The van der Waals surface area contributed by atoms with E-state index in [-0.39, 0.29) is 12.4 Å². The average molecular weight is 405 g/mol. The van der Waals surface area contributed by atoms with Gasteiger partial charge in [0.15, 0.2) is 13.2 Å². The molecule has 2 rings (SSSR count). The number of esters is 1. The number of aryl methyl sites for hydroxylation is 1. The van der Waals surface area contributed by atoms with Gasteiger partial charge in [-0.15, -0.1) is 11.8 Å². The van der Waals surface area contributed by atoms with Crippen LogP contribution >= 0.6 is 23.4 Å². The van der Waals surface area contributed by atoms with E-state index in [9.17, 15) is 9.59 Å². The van der Waals surface area contributed by atoms with E-state index in [0.29, 0.717) is 16.5 Å². The van der Waals surface area contributed by atoms with E-state index in [1.807, 2.05) is 19.1 Å². The molecular weight excluding hydrogens is 388 g/mol. The van der Waals surface area contributed by atoms with Crippen LogP contribution in [0.25, 0.3) is 0 Å². The second-order valence-corrected chi connectivity index (χ2v) is 6.80. The Labute approximate surface area is 166 Å². The highest BCUT2D eigenvalue weighted by Gasteiger charge is 2.11. The van der Waals surface area contributed by atoms with Crippen LogP contribution in [0.5, 0.6) is 5.75 Å². The van der Waals surface area contributed by atoms with Crippen molar-refractivity contribution in [2.45, 2.75) is 11.8 Å². The van der Waals surface area contributed by atoms with Gasteiger partial charge in [0.1, 0.15) is 5.75 Å². The van der Waals surface area contributed by atoms with Crippen molar-refractivity contribution in [2.75, 3.05) is 24.3 Å². The number of nitrogens with one attached hydrogen (secondary N) is 1. The Balaban J connectivity index is 1.80. The van der Waals surface area contributed by atoms with Gasteiger partial charge in [0, 0.05) is 9.92 Å². The number of nitriles is 1. The second kappa shape index (κ2) is 10.5. The number of ether oxygens (including phenoxy) is 2. The summed E-state index contributed by atoms with van der Waals surface area (Å²) < 4.78 is 10.3. The smallest absolute Gasteiger partial charge is 0.344 e. The van der Waals surface area contributed by atoms with Crippen molar-refractivity contribution in [2.24, 2.45) is 0 Å². The van der Waals surface area contributed by atoms with Gasteiger partial charge in [-0.3, -0.25) is 4.79 Å². The molecule has 2 aromatic rings. The summed E-state index contributed by atoms with van der Waals surface area (Å²) in [6.07, 6.45) is 0. The summed E-state index contributed by atoms with van der Waals surface area (Å²) in [6, 6.07) is 14.2. The van der Waals surface area contributed by atoms with Gasteiger partial charge in [-0.25, -0.2) is 4.79 Å². The molecule has 1 amide bonds. The lowest BCUT2D eigenvalue weighted by Gasteiger charge is -2.11. The zero-order valence-electron chi connectivity index (χ0n) is 14.5. The largest absolute Gasteiger partial charge is 0.482 e. The van der Waals surface area contributed by atoms with Gasteiger partial charge in [-0.2, -0.15) is 5.26 Å². The maximum absolute atomic E-state index is 12.0. The minimum Gasteiger partial charge on any atom is -0.482 e. The van der Waals surface area contributed by atoms with Gasteiger partial charge in [0.25, 0.3) is 5.91 Å². The van der Waals surface area contributed by atoms with Crippen LogP contribution in [0.4, 0.5) is 5.69 Å². The quantitative estimate of drug-likeness (QED) is 0.531. The minimum atomic E-state index is -0.661. The third-order valence-corrected chi connectivity index (χ3v) is 4.48. The first-order valence-electron chi connectivity index (χ1n) is 7.93. The summed E-state index contributed by atoms with van der Waals surface area (Å²) in [6.45, 7) is 1.06. The van der Waals surface area contributed by atoms with Crippen molar-refractivity contribution in [1.82, 2.24) is 0 Å². The van der Waals surface area contributed by atoms with Crippen LogP contribution in [0, 0.1) is 18.3 Å². The Kier molecular flexibility index (Phi) is 7.99. The summed E-state index contributed by atoms with van der Waals surface area (Å²) in [4.78, 5) is 24.5. The third kappa shape index (κ3) is 6.85. The number of hydrogen-bond acceptors (Lipinski definition) is 6. The molecule has 0 unspecified atom stereocenters. The predicted molar refractivity (Wildman–Crippen MR) is 104 cm³/mol. The third-order valence-electron chi connectivity index (χ3n) is 3.30. The van der Waals surface area contributed by atoms with Crippen LogP contribution in [0.3, 0.4) is 0 Å². The topological polar surface area (TPSA) is 88.4 Å². The summed E-state index contributed by atoms with van der Waals surface area (Å²) in [5.41, 5.74) is 1.35. The first-order valence-corrected chi connectivity index (χ1v) is 9.29. The van der Waals surface area contributed by atoms with Crippen molar-refractivity contribution < 1.29 is 19.1 Å². The zero-order valence-corrected chi connectivity index (χ0v) is 16.1. The van der Waals surface area contributed by atoms with Crippen LogP contribution in [0.1, 0.15) is 5.56 Å². The Morgan fingerprint density at radius 1 is 1.22 bits per heavy atom. The van der Waals surface area contributed by atoms with Crippen molar-refractivity contribution >= 4 is 40.9 Å². The Hall–Kier alpha value is -2.69. The van der Waals surface area contributed by atoms with Crippen LogP contribution in [0.2, 0.25) is 5.02 Å². The van der Waals surface area contributed by atoms with Crippen LogP contribution in [-0.2, 0) is 14.3 Å². The van der Waals surface area contributed by atoms with Gasteiger partial charge in [0.05, 0.1) is 17.5 Å². The fourth-order valence-corrected chi connectivity index (χ4v) is 2.99.